The molecule has 1 heterocycles. The van der Waals surface area contributed by atoms with Crippen molar-refractivity contribution < 1.29 is 2.81 Å². The van der Waals surface area contributed by atoms with Crippen LogP contribution in [0.2, 0.25) is 0 Å². The van der Waals surface area contributed by atoms with Gasteiger partial charge in [-0.2, -0.15) is 0 Å². The molecule has 0 saturated carbocycles. The number of nitrogens with zero attached hydrogens (tertiary/aromatic N) is 1. The Morgan fingerprint density at radius 1 is 1.23 bits per heavy atom. The Bertz CT molecular complexity index is 442. The topological polar surface area (TPSA) is 22.1 Å². The number of pyridine rings is 1. The van der Waals surface area contributed by atoms with E-state index in [1.54, 1.807) is 0 Å². The van der Waals surface area contributed by atoms with Gasteiger partial charge in [0, 0.05) is 0 Å². The number of para-hydroxylation sites is 1. The molecule has 1 aromatic heterocycles. The molecule has 2 rings (SSSR count). The summed E-state index contributed by atoms with van der Waals surface area (Å²) in [7, 11) is 0. The third kappa shape index (κ3) is 1.66. The molecule has 0 aliphatic rings. The third-order valence-corrected chi connectivity index (χ3v) is 2.69. The number of fused-ring (bicyclic) bond motifs is 1. The van der Waals surface area contributed by atoms with Crippen LogP contribution >= 0.6 is 0 Å². The van der Waals surface area contributed by atoms with Gasteiger partial charge < -0.3 is 0 Å². The number of benzene rings is 1. The maximum absolute atomic E-state index is 5.33. The van der Waals surface area contributed by atoms with Gasteiger partial charge in [0.05, 0.1) is 0 Å². The van der Waals surface area contributed by atoms with Gasteiger partial charge in [0.25, 0.3) is 0 Å². The molecule has 1 aromatic carbocycles. The first-order chi connectivity index (χ1) is 6.31. The van der Waals surface area contributed by atoms with Crippen LogP contribution in [0.25, 0.3) is 10.9 Å². The average molecular weight is 367 g/mol. The fourth-order valence-corrected chi connectivity index (χ4v) is 1.86. The van der Waals surface area contributed by atoms with Crippen LogP contribution in [0.5, 0.6) is 5.75 Å². The molecular formula is C10H8BiNO. The zero-order valence-corrected chi connectivity index (χ0v) is 10.7. The van der Waals surface area contributed by atoms with E-state index in [1.807, 2.05) is 31.2 Å². The number of aromatic nitrogens is 1. The van der Waals surface area contributed by atoms with Crippen molar-refractivity contribution in [2.24, 2.45) is 0 Å². The van der Waals surface area contributed by atoms with Crippen LogP contribution in [-0.2, 0) is 0 Å². The summed E-state index contributed by atoms with van der Waals surface area (Å²) >= 11 is 0.896. The third-order valence-electron chi connectivity index (χ3n) is 1.92. The molecule has 0 fully saturated rings. The first-order valence-electron chi connectivity index (χ1n) is 3.99. The van der Waals surface area contributed by atoms with E-state index in [9.17, 15) is 0 Å². The molecule has 64 valence electrons. The van der Waals surface area contributed by atoms with E-state index in [-0.39, 0.29) is 0 Å². The quantitative estimate of drug-likeness (QED) is 0.720. The van der Waals surface area contributed by atoms with Gasteiger partial charge in [0.15, 0.2) is 0 Å². The van der Waals surface area contributed by atoms with E-state index in [4.69, 9.17) is 2.81 Å². The molecule has 0 amide bonds. The van der Waals surface area contributed by atoms with Gasteiger partial charge in [0.2, 0.25) is 0 Å². The predicted octanol–water partition coefficient (Wildman–Crippen LogP) is 2.01. The fraction of sp³-hybridized carbons (Fsp3) is 0.100. The summed E-state index contributed by atoms with van der Waals surface area (Å²) in [4.78, 5) is 4.44. The molecule has 0 bridgehead atoms. The molecule has 0 aliphatic heterocycles. The van der Waals surface area contributed by atoms with Crippen molar-refractivity contribution in [2.75, 3.05) is 0 Å². The molecular weight excluding hydrogens is 359 g/mol. The zero-order chi connectivity index (χ0) is 9.26. The molecule has 0 atom stereocenters. The predicted molar refractivity (Wildman–Crippen MR) is 52.9 cm³/mol. The summed E-state index contributed by atoms with van der Waals surface area (Å²) in [5, 5.41) is 1.13. The standard InChI is InChI=1S/C10H9NO.Bi/c1-7-5-6-8-3-2-4-9(12)10(8)11-7;/h2-6,12H,1H3;/q;+1/p-1. The molecule has 13 heavy (non-hydrogen) atoms. The number of aryl methyl sites for hydroxylation is 1. The van der Waals surface area contributed by atoms with Crippen LogP contribution in [0.15, 0.2) is 30.3 Å². The van der Waals surface area contributed by atoms with Crippen LogP contribution in [0, 0.1) is 6.92 Å². The van der Waals surface area contributed by atoms with Crippen LogP contribution in [-0.4, -0.2) is 30.1 Å². The second kappa shape index (κ2) is 3.59. The van der Waals surface area contributed by atoms with Crippen LogP contribution in [0.3, 0.4) is 0 Å². The van der Waals surface area contributed by atoms with Crippen molar-refractivity contribution in [2.45, 2.75) is 6.92 Å². The van der Waals surface area contributed by atoms with Gasteiger partial charge in [0.1, 0.15) is 0 Å². The Hall–Kier alpha value is -0.687. The summed E-state index contributed by atoms with van der Waals surface area (Å²) < 4.78 is 5.33. The summed E-state index contributed by atoms with van der Waals surface area (Å²) in [6.07, 6.45) is 0. The molecule has 0 unspecified atom stereocenters. The summed E-state index contributed by atoms with van der Waals surface area (Å²) in [5.41, 5.74) is 1.99. The van der Waals surface area contributed by atoms with Gasteiger partial charge in [-0.1, -0.05) is 0 Å². The van der Waals surface area contributed by atoms with Gasteiger partial charge in [-0.05, 0) is 0 Å². The molecule has 0 N–H and O–H groups in total. The molecule has 2 radical (unpaired) electrons. The van der Waals surface area contributed by atoms with Crippen LogP contribution in [0.4, 0.5) is 0 Å². The number of hydrogen-bond acceptors (Lipinski definition) is 2. The summed E-state index contributed by atoms with van der Waals surface area (Å²) in [6.45, 7) is 1.99. The number of hydrogen-bond donors (Lipinski definition) is 0. The second-order valence-corrected chi connectivity index (χ2v) is 3.58. The molecule has 0 spiro atoms. The van der Waals surface area contributed by atoms with Crippen LogP contribution < -0.4 is 2.81 Å². The molecule has 3 heteroatoms. The first-order valence-corrected chi connectivity index (χ1v) is 5.41. The second-order valence-electron chi connectivity index (χ2n) is 2.87. The monoisotopic (exact) mass is 367 g/mol. The van der Waals surface area contributed by atoms with Crippen LogP contribution in [0.1, 0.15) is 5.69 Å². The average Bonchev–Trinajstić information content (AvgIpc) is 2.17. The van der Waals surface area contributed by atoms with Gasteiger partial charge in [-0.15, -0.1) is 0 Å². The van der Waals surface area contributed by atoms with Gasteiger partial charge >= 0.3 is 92.6 Å². The van der Waals surface area contributed by atoms with E-state index >= 15 is 0 Å². The van der Waals surface area contributed by atoms with E-state index in [2.05, 4.69) is 11.1 Å². The van der Waals surface area contributed by atoms with E-state index < -0.39 is 0 Å². The Kier molecular flexibility index (Phi) is 2.45. The van der Waals surface area contributed by atoms with Crippen molar-refractivity contribution in [1.29, 1.82) is 0 Å². The van der Waals surface area contributed by atoms with E-state index in [0.717, 1.165) is 47.5 Å². The Labute approximate surface area is 92.4 Å². The summed E-state index contributed by atoms with van der Waals surface area (Å²) in [6, 6.07) is 10.1. The zero-order valence-electron chi connectivity index (χ0n) is 7.19. The maximum atomic E-state index is 5.33. The van der Waals surface area contributed by atoms with Crippen molar-refractivity contribution in [3.8, 4) is 5.75 Å². The SMILES string of the molecule is Cc1ccc2cccc([O][Bi])c2n1. The van der Waals surface area contributed by atoms with E-state index in [0.29, 0.717) is 0 Å². The normalized spacial score (nSPS) is 10.3. The van der Waals surface area contributed by atoms with Gasteiger partial charge in [-0.25, -0.2) is 0 Å². The Morgan fingerprint density at radius 2 is 2.08 bits per heavy atom. The first kappa shape index (κ1) is 8.89. The van der Waals surface area contributed by atoms with Crippen molar-refractivity contribution in [1.82, 2.24) is 4.98 Å². The van der Waals surface area contributed by atoms with Crippen molar-refractivity contribution in [3.05, 3.63) is 36.0 Å². The minimum atomic E-state index is 0.884. The minimum absolute atomic E-state index is 0.884. The Balaban J connectivity index is 2.79. The molecule has 2 aromatic rings. The van der Waals surface area contributed by atoms with E-state index in [1.165, 1.54) is 0 Å². The number of rotatable bonds is 1. The molecule has 2 nitrogen and oxygen atoms in total. The molecule has 0 aliphatic carbocycles. The fourth-order valence-electron chi connectivity index (χ4n) is 1.29. The van der Waals surface area contributed by atoms with Crippen molar-refractivity contribution >= 4 is 36.1 Å². The van der Waals surface area contributed by atoms with Gasteiger partial charge in [-0.3, -0.25) is 0 Å². The Morgan fingerprint density at radius 3 is 2.85 bits per heavy atom. The summed E-state index contributed by atoms with van der Waals surface area (Å²) in [5.74, 6) is 0.884. The molecule has 0 saturated heterocycles. The van der Waals surface area contributed by atoms with Crippen molar-refractivity contribution in [3.63, 3.8) is 0 Å².